The number of nitrogens with one attached hydrogen (secondary N) is 1. The van der Waals surface area contributed by atoms with Crippen molar-refractivity contribution in [1.82, 2.24) is 10.2 Å². The van der Waals surface area contributed by atoms with Crippen LogP contribution in [0.4, 0.5) is 0 Å². The Balaban J connectivity index is 1.57. The normalized spacial score (nSPS) is 18.3. The van der Waals surface area contributed by atoms with Gasteiger partial charge < -0.3 is 29.6 Å². The number of ether oxygens (including phenoxy) is 1. The van der Waals surface area contributed by atoms with E-state index in [9.17, 15) is 24.6 Å². The maximum Gasteiger partial charge on any atom is 0.349 e. The van der Waals surface area contributed by atoms with E-state index in [1.807, 2.05) is 42.5 Å². The predicted molar refractivity (Wildman–Crippen MR) is 165 cm³/mol. The first-order chi connectivity index (χ1) is 20.4. The fourth-order valence-corrected chi connectivity index (χ4v) is 5.47. The molecule has 10 heteroatoms. The van der Waals surface area contributed by atoms with Crippen LogP contribution < -0.4 is 15.7 Å². The van der Waals surface area contributed by atoms with Crippen molar-refractivity contribution in [3.05, 3.63) is 122 Å². The topological polar surface area (TPSA) is 129 Å². The highest BCUT2D eigenvalue weighted by molar-refractivity contribution is 14.1. The zero-order chi connectivity index (χ0) is 29.6. The van der Waals surface area contributed by atoms with Crippen LogP contribution in [-0.2, 0) is 11.3 Å². The second kappa shape index (κ2) is 13.3. The number of amides is 2. The zero-order valence-electron chi connectivity index (χ0n) is 22.5. The highest BCUT2D eigenvalue weighted by atomic mass is 127. The minimum atomic E-state index is -1.25. The number of nitrogens with zero attached hydrogens (tertiary/aromatic N) is 1. The first-order valence-corrected chi connectivity index (χ1v) is 14.5. The van der Waals surface area contributed by atoms with Gasteiger partial charge in [0.2, 0.25) is 5.91 Å². The predicted octanol–water partition coefficient (Wildman–Crippen LogP) is 3.66. The minimum absolute atomic E-state index is 0.0122. The summed E-state index contributed by atoms with van der Waals surface area (Å²) < 4.78 is 12.5. The molecular weight excluding hydrogens is 651 g/mol. The molecule has 0 aliphatic heterocycles. The molecule has 0 fully saturated rings. The highest BCUT2D eigenvalue weighted by Crippen LogP contribution is 2.31. The van der Waals surface area contributed by atoms with Gasteiger partial charge in [0.05, 0.1) is 16.2 Å². The van der Waals surface area contributed by atoms with Gasteiger partial charge in [-0.05, 0) is 58.5 Å². The molecule has 1 aromatic heterocycles. The third-order valence-electron chi connectivity index (χ3n) is 7.04. The molecule has 3 atom stereocenters. The second-order valence-corrected chi connectivity index (χ2v) is 11.0. The number of rotatable bonds is 9. The Morgan fingerprint density at radius 2 is 1.74 bits per heavy atom. The van der Waals surface area contributed by atoms with E-state index in [2.05, 4.69) is 27.9 Å². The number of halogens is 1. The van der Waals surface area contributed by atoms with E-state index in [0.29, 0.717) is 16.7 Å². The van der Waals surface area contributed by atoms with E-state index in [-0.39, 0.29) is 37.3 Å². The standard InChI is InChI=1S/C32H29IN2O7/c33-24-11-5-7-13-27(24)41-28-18-22(30(38)34-14-15-36)17-25(29(28)37)35(19-20-8-2-1-3-9-20)31(39)23-16-21-10-4-6-12-26(21)42-32(23)40/h1-13,16,18,25,28-29,36-37H,14-15,17,19H2,(H,34,38). The van der Waals surface area contributed by atoms with Crippen molar-refractivity contribution in [2.45, 2.75) is 31.2 Å². The molecule has 0 bridgehead atoms. The van der Waals surface area contributed by atoms with Gasteiger partial charge in [-0.1, -0.05) is 60.7 Å². The molecule has 1 aliphatic carbocycles. The van der Waals surface area contributed by atoms with Crippen molar-refractivity contribution in [1.29, 1.82) is 0 Å². The van der Waals surface area contributed by atoms with Crippen molar-refractivity contribution in [3.8, 4) is 5.75 Å². The molecule has 3 aromatic carbocycles. The van der Waals surface area contributed by atoms with Crippen LogP contribution >= 0.6 is 22.6 Å². The third-order valence-corrected chi connectivity index (χ3v) is 7.93. The molecule has 1 heterocycles. The Morgan fingerprint density at radius 3 is 2.50 bits per heavy atom. The Morgan fingerprint density at radius 1 is 1.02 bits per heavy atom. The number of aliphatic hydroxyl groups excluding tert-OH is 2. The lowest BCUT2D eigenvalue weighted by atomic mass is 9.87. The molecular formula is C32H29IN2O7. The Hall–Kier alpha value is -4.00. The Bertz CT molecular complexity index is 1670. The first-order valence-electron chi connectivity index (χ1n) is 13.4. The summed E-state index contributed by atoms with van der Waals surface area (Å²) in [6.45, 7) is -0.158. The lowest BCUT2D eigenvalue weighted by Gasteiger charge is -2.40. The molecule has 0 saturated heterocycles. The average Bonchev–Trinajstić information content (AvgIpc) is 3.00. The molecule has 2 amide bonds. The number of hydrogen-bond acceptors (Lipinski definition) is 7. The van der Waals surface area contributed by atoms with Crippen LogP contribution in [0.3, 0.4) is 0 Å². The molecule has 1 aliphatic rings. The van der Waals surface area contributed by atoms with E-state index in [1.165, 1.54) is 11.0 Å². The fourth-order valence-electron chi connectivity index (χ4n) is 4.95. The van der Waals surface area contributed by atoms with E-state index in [1.54, 1.807) is 42.5 Å². The lowest BCUT2D eigenvalue weighted by molar-refractivity contribution is -0.118. The smallest absolute Gasteiger partial charge is 0.349 e. The molecule has 3 unspecified atom stereocenters. The van der Waals surface area contributed by atoms with Crippen LogP contribution in [0.25, 0.3) is 11.0 Å². The number of aliphatic hydroxyl groups is 2. The van der Waals surface area contributed by atoms with Crippen LogP contribution in [0, 0.1) is 3.57 Å². The van der Waals surface area contributed by atoms with Crippen LogP contribution in [0.5, 0.6) is 5.75 Å². The maximum absolute atomic E-state index is 14.2. The van der Waals surface area contributed by atoms with Crippen LogP contribution in [0.2, 0.25) is 0 Å². The SMILES string of the molecule is O=C(NCCO)C1=CC(Oc2ccccc2I)C(O)C(N(Cc2ccccc2)C(=O)c2cc3ccccc3oc2=O)C1. The van der Waals surface area contributed by atoms with Crippen molar-refractivity contribution in [2.75, 3.05) is 13.2 Å². The highest BCUT2D eigenvalue weighted by Gasteiger charge is 2.41. The van der Waals surface area contributed by atoms with Gasteiger partial charge in [0.1, 0.15) is 29.1 Å². The van der Waals surface area contributed by atoms with Gasteiger partial charge in [0.25, 0.3) is 5.91 Å². The molecule has 0 saturated carbocycles. The van der Waals surface area contributed by atoms with Gasteiger partial charge in [0, 0.05) is 30.5 Å². The number of hydrogen-bond donors (Lipinski definition) is 3. The molecule has 5 rings (SSSR count). The van der Waals surface area contributed by atoms with Crippen molar-refractivity contribution < 1.29 is 29.0 Å². The number of carbonyl (C=O) groups excluding carboxylic acids is 2. The van der Waals surface area contributed by atoms with Gasteiger partial charge >= 0.3 is 5.63 Å². The summed E-state index contributed by atoms with van der Waals surface area (Å²) in [5, 5.41) is 24.2. The van der Waals surface area contributed by atoms with Crippen LogP contribution in [-0.4, -0.2) is 58.3 Å². The van der Waals surface area contributed by atoms with Gasteiger partial charge in [-0.15, -0.1) is 0 Å². The van der Waals surface area contributed by atoms with Gasteiger partial charge in [0.15, 0.2) is 0 Å². The second-order valence-electron chi connectivity index (χ2n) is 9.85. The van der Waals surface area contributed by atoms with Crippen molar-refractivity contribution >= 4 is 45.4 Å². The molecule has 3 N–H and O–H groups in total. The van der Waals surface area contributed by atoms with Crippen molar-refractivity contribution in [3.63, 3.8) is 0 Å². The quantitative estimate of drug-likeness (QED) is 0.182. The third kappa shape index (κ3) is 6.56. The Kier molecular flexibility index (Phi) is 9.35. The molecule has 42 heavy (non-hydrogen) atoms. The van der Waals surface area contributed by atoms with E-state index in [4.69, 9.17) is 9.15 Å². The van der Waals surface area contributed by atoms with E-state index >= 15 is 0 Å². The molecule has 0 spiro atoms. The van der Waals surface area contributed by atoms with Gasteiger partial charge in [-0.25, -0.2) is 4.79 Å². The summed E-state index contributed by atoms with van der Waals surface area (Å²) >= 11 is 2.12. The minimum Gasteiger partial charge on any atom is -0.482 e. The Labute approximate surface area is 255 Å². The largest absolute Gasteiger partial charge is 0.482 e. The molecule has 0 radical (unpaired) electrons. The summed E-state index contributed by atoms with van der Waals surface area (Å²) in [4.78, 5) is 41.7. The van der Waals surface area contributed by atoms with Crippen LogP contribution in [0.15, 0.2) is 106 Å². The van der Waals surface area contributed by atoms with Crippen molar-refractivity contribution in [2.24, 2.45) is 0 Å². The molecule has 4 aromatic rings. The summed E-state index contributed by atoms with van der Waals surface area (Å²) in [6, 6.07) is 23.9. The van der Waals surface area contributed by atoms with E-state index in [0.717, 1.165) is 9.13 Å². The number of benzene rings is 3. The average molecular weight is 680 g/mol. The zero-order valence-corrected chi connectivity index (χ0v) is 24.6. The summed E-state index contributed by atoms with van der Waals surface area (Å²) in [7, 11) is 0. The number of fused-ring (bicyclic) bond motifs is 1. The first kappa shape index (κ1) is 29.5. The number of carbonyl (C=O) groups is 2. The fraction of sp³-hybridized carbons (Fsp3) is 0.219. The number of para-hydroxylation sites is 2. The van der Waals surface area contributed by atoms with E-state index < -0.39 is 35.7 Å². The lowest BCUT2D eigenvalue weighted by Crippen LogP contribution is -2.55. The van der Waals surface area contributed by atoms with Gasteiger partial charge in [-0.3, -0.25) is 9.59 Å². The molecule has 216 valence electrons. The van der Waals surface area contributed by atoms with Crippen LogP contribution in [0.1, 0.15) is 22.3 Å². The maximum atomic E-state index is 14.2. The van der Waals surface area contributed by atoms with Gasteiger partial charge in [-0.2, -0.15) is 0 Å². The monoisotopic (exact) mass is 680 g/mol. The summed E-state index contributed by atoms with van der Waals surface area (Å²) in [6.07, 6.45) is -0.710. The summed E-state index contributed by atoms with van der Waals surface area (Å²) in [5.41, 5.74) is 0.409. The molecule has 9 nitrogen and oxygen atoms in total. The summed E-state index contributed by atoms with van der Waals surface area (Å²) in [5.74, 6) is -0.590.